The number of rotatable bonds is 7. The van der Waals surface area contributed by atoms with Crippen molar-refractivity contribution < 1.29 is 9.84 Å². The molecular formula is C29H45N3O2. The van der Waals surface area contributed by atoms with E-state index >= 15 is 0 Å². The molecule has 1 N–H and O–H groups in total. The molecule has 0 spiro atoms. The quantitative estimate of drug-likeness (QED) is 0.549. The van der Waals surface area contributed by atoms with Crippen molar-refractivity contribution >= 4 is 0 Å². The van der Waals surface area contributed by atoms with E-state index in [0.29, 0.717) is 36.2 Å². The lowest BCUT2D eigenvalue weighted by atomic mass is 9.48. The van der Waals surface area contributed by atoms with E-state index in [1.165, 1.54) is 44.9 Å². The molecule has 0 unspecified atom stereocenters. The maximum absolute atomic E-state index is 11.1. The molecule has 0 amide bonds. The van der Waals surface area contributed by atoms with Gasteiger partial charge in [-0.15, -0.1) is 0 Å². The molecule has 5 heteroatoms. The van der Waals surface area contributed by atoms with Gasteiger partial charge >= 0.3 is 0 Å². The number of nitriles is 1. The summed E-state index contributed by atoms with van der Waals surface area (Å²) in [5.41, 5.74) is 0.537. The molecule has 0 aliphatic heterocycles. The van der Waals surface area contributed by atoms with E-state index in [9.17, 15) is 10.4 Å². The number of fused-ring (bicyclic) bond motifs is 5. The van der Waals surface area contributed by atoms with Crippen LogP contribution in [0, 0.1) is 58.2 Å². The van der Waals surface area contributed by atoms with E-state index in [1.54, 1.807) is 6.20 Å². The Morgan fingerprint density at radius 3 is 2.74 bits per heavy atom. The standard InChI is InChI=1S/C29H45N3O2/c1-4-20(18-32-22(17-30)12-15-31-32)26-8-9-27-25-7-6-21-16-29(33,19-34-5-2)14-11-23(21)24(25)10-13-28(26,27)3/h12,15,20-21,23-27,33H,4-11,13-14,16,18-19H2,1-3H3/t20-,21-,23+,24-,25-,26-,27+,28-,29-/m1/s1. The van der Waals surface area contributed by atoms with Crippen LogP contribution < -0.4 is 0 Å². The maximum Gasteiger partial charge on any atom is 0.138 e. The fourth-order valence-corrected chi connectivity index (χ4v) is 9.54. The van der Waals surface area contributed by atoms with Crippen LogP contribution in [0.2, 0.25) is 0 Å². The maximum atomic E-state index is 11.1. The highest BCUT2D eigenvalue weighted by molar-refractivity contribution is 5.18. The van der Waals surface area contributed by atoms with Crippen LogP contribution in [0.4, 0.5) is 0 Å². The van der Waals surface area contributed by atoms with Crippen LogP contribution >= 0.6 is 0 Å². The number of ether oxygens (including phenoxy) is 1. The van der Waals surface area contributed by atoms with Gasteiger partial charge in [-0.3, -0.25) is 4.68 Å². The molecular weight excluding hydrogens is 422 g/mol. The first-order valence-corrected chi connectivity index (χ1v) is 14.1. The molecule has 1 heterocycles. The Morgan fingerprint density at radius 2 is 1.97 bits per heavy atom. The van der Waals surface area contributed by atoms with Crippen molar-refractivity contribution in [2.75, 3.05) is 13.2 Å². The summed E-state index contributed by atoms with van der Waals surface area (Å²) in [6.45, 7) is 9.07. The van der Waals surface area contributed by atoms with Crippen molar-refractivity contribution in [2.24, 2.45) is 46.8 Å². The molecule has 4 saturated carbocycles. The van der Waals surface area contributed by atoms with Crippen LogP contribution in [0.5, 0.6) is 0 Å². The Kier molecular flexibility index (Phi) is 6.85. The molecule has 4 aliphatic rings. The fourth-order valence-electron chi connectivity index (χ4n) is 9.54. The van der Waals surface area contributed by atoms with Crippen LogP contribution in [-0.2, 0) is 11.3 Å². The van der Waals surface area contributed by atoms with Gasteiger partial charge in [0.2, 0.25) is 0 Å². The summed E-state index contributed by atoms with van der Waals surface area (Å²) in [6, 6.07) is 4.16. The molecule has 0 bridgehead atoms. The third kappa shape index (κ3) is 4.13. The first kappa shape index (κ1) is 24.3. The van der Waals surface area contributed by atoms with Crippen LogP contribution in [0.1, 0.15) is 90.7 Å². The summed E-state index contributed by atoms with van der Waals surface area (Å²) in [5, 5.41) is 25.1. The minimum Gasteiger partial charge on any atom is -0.387 e. The summed E-state index contributed by atoms with van der Waals surface area (Å²) in [7, 11) is 0. The largest absolute Gasteiger partial charge is 0.387 e. The van der Waals surface area contributed by atoms with Crippen molar-refractivity contribution in [3.8, 4) is 6.07 Å². The Bertz CT molecular complexity index is 892. The molecule has 5 rings (SSSR count). The zero-order valence-electron chi connectivity index (χ0n) is 21.6. The molecule has 9 atom stereocenters. The van der Waals surface area contributed by atoms with Crippen molar-refractivity contribution in [3.63, 3.8) is 0 Å². The smallest absolute Gasteiger partial charge is 0.138 e. The van der Waals surface area contributed by atoms with Gasteiger partial charge in [0.25, 0.3) is 0 Å². The molecule has 34 heavy (non-hydrogen) atoms. The van der Waals surface area contributed by atoms with E-state index in [1.807, 2.05) is 17.7 Å². The summed E-state index contributed by atoms with van der Waals surface area (Å²) in [6.07, 6.45) is 14.1. The minimum absolute atomic E-state index is 0.430. The SMILES string of the molecule is CCOC[C@@]1(O)CC[C@H]2[C@H](CC[C@@H]3[C@@H]2CC[C@]2(C)[C@@H]([C@H](CC)Cn4nccc4C#N)CC[C@@H]32)C1. The van der Waals surface area contributed by atoms with E-state index in [-0.39, 0.29) is 0 Å². The van der Waals surface area contributed by atoms with E-state index in [4.69, 9.17) is 4.74 Å². The van der Waals surface area contributed by atoms with Crippen LogP contribution in [0.3, 0.4) is 0 Å². The van der Waals surface area contributed by atoms with Crippen LogP contribution in [0.25, 0.3) is 0 Å². The second kappa shape index (κ2) is 9.58. The Labute approximate surface area is 206 Å². The van der Waals surface area contributed by atoms with E-state index in [0.717, 1.165) is 55.4 Å². The molecule has 4 fully saturated rings. The highest BCUT2D eigenvalue weighted by Gasteiger charge is 2.58. The average Bonchev–Trinajstić information content (AvgIpc) is 3.44. The molecule has 1 aromatic heterocycles. The molecule has 0 radical (unpaired) electrons. The van der Waals surface area contributed by atoms with Gasteiger partial charge in [-0.2, -0.15) is 10.4 Å². The van der Waals surface area contributed by atoms with Gasteiger partial charge in [-0.25, -0.2) is 0 Å². The fraction of sp³-hybridized carbons (Fsp3) is 0.862. The number of hydrogen-bond donors (Lipinski definition) is 1. The first-order chi connectivity index (χ1) is 16.4. The van der Waals surface area contributed by atoms with Gasteiger partial charge in [0.05, 0.1) is 18.4 Å². The van der Waals surface area contributed by atoms with Crippen molar-refractivity contribution in [1.82, 2.24) is 9.78 Å². The highest BCUT2D eigenvalue weighted by atomic mass is 16.5. The monoisotopic (exact) mass is 467 g/mol. The Balaban J connectivity index is 1.29. The van der Waals surface area contributed by atoms with Gasteiger partial charge < -0.3 is 9.84 Å². The Hall–Kier alpha value is -1.38. The molecule has 0 aromatic carbocycles. The van der Waals surface area contributed by atoms with Gasteiger partial charge in [0, 0.05) is 13.2 Å². The summed E-state index contributed by atoms with van der Waals surface area (Å²) < 4.78 is 7.61. The molecule has 4 aliphatic carbocycles. The average molecular weight is 468 g/mol. The predicted molar refractivity (Wildman–Crippen MR) is 133 cm³/mol. The van der Waals surface area contributed by atoms with Crippen LogP contribution in [-0.4, -0.2) is 33.7 Å². The molecule has 188 valence electrons. The lowest BCUT2D eigenvalue weighted by Gasteiger charge is -2.57. The van der Waals surface area contributed by atoms with Gasteiger partial charge in [-0.05, 0) is 118 Å². The topological polar surface area (TPSA) is 71.1 Å². The first-order valence-electron chi connectivity index (χ1n) is 14.1. The van der Waals surface area contributed by atoms with Crippen molar-refractivity contribution in [2.45, 2.75) is 97.1 Å². The predicted octanol–water partition coefficient (Wildman–Crippen LogP) is 5.82. The summed E-state index contributed by atoms with van der Waals surface area (Å²) in [5.74, 6) is 5.42. The zero-order valence-corrected chi connectivity index (χ0v) is 21.6. The summed E-state index contributed by atoms with van der Waals surface area (Å²) >= 11 is 0. The lowest BCUT2D eigenvalue weighted by Crippen LogP contribution is -2.52. The normalized spacial score (nSPS) is 42.3. The lowest BCUT2D eigenvalue weighted by molar-refractivity contribution is -0.130. The number of nitrogens with zero attached hydrogens (tertiary/aromatic N) is 3. The highest BCUT2D eigenvalue weighted by Crippen LogP contribution is 2.66. The third-order valence-electron chi connectivity index (χ3n) is 11.1. The molecule has 5 nitrogen and oxygen atoms in total. The number of hydrogen-bond acceptors (Lipinski definition) is 4. The van der Waals surface area contributed by atoms with E-state index < -0.39 is 5.60 Å². The number of aliphatic hydroxyl groups is 1. The molecule has 1 aromatic rings. The van der Waals surface area contributed by atoms with Gasteiger partial charge in [0.1, 0.15) is 11.8 Å². The van der Waals surface area contributed by atoms with Gasteiger partial charge in [0.15, 0.2) is 0 Å². The van der Waals surface area contributed by atoms with E-state index in [2.05, 4.69) is 25.0 Å². The Morgan fingerprint density at radius 1 is 1.15 bits per heavy atom. The molecule has 0 saturated heterocycles. The second-order valence-electron chi connectivity index (χ2n) is 12.4. The third-order valence-corrected chi connectivity index (χ3v) is 11.1. The summed E-state index contributed by atoms with van der Waals surface area (Å²) in [4.78, 5) is 0. The second-order valence-corrected chi connectivity index (χ2v) is 12.4. The van der Waals surface area contributed by atoms with Gasteiger partial charge in [-0.1, -0.05) is 20.3 Å². The van der Waals surface area contributed by atoms with Crippen molar-refractivity contribution in [1.29, 1.82) is 5.26 Å². The van der Waals surface area contributed by atoms with Crippen molar-refractivity contribution in [3.05, 3.63) is 18.0 Å². The number of aromatic nitrogens is 2. The van der Waals surface area contributed by atoms with Crippen LogP contribution in [0.15, 0.2) is 12.3 Å². The zero-order chi connectivity index (χ0) is 23.9. The minimum atomic E-state index is -0.589.